The number of hydrogen-bond donors (Lipinski definition) is 3. The van der Waals surface area contributed by atoms with Crippen molar-refractivity contribution in [2.45, 2.75) is 69.1 Å². The van der Waals surface area contributed by atoms with Gasteiger partial charge in [-0.15, -0.1) is 0 Å². The van der Waals surface area contributed by atoms with E-state index >= 15 is 0 Å². The lowest BCUT2D eigenvalue weighted by Crippen LogP contribution is -2.52. The third-order valence-electron chi connectivity index (χ3n) is 7.54. The first kappa shape index (κ1) is 27.2. The van der Waals surface area contributed by atoms with Crippen molar-refractivity contribution >= 4 is 17.6 Å². The second-order valence-electron chi connectivity index (χ2n) is 10.0. The molecule has 0 aromatic heterocycles. The average molecular weight is 496 g/mol. The molecule has 3 rings (SSSR count). The lowest BCUT2D eigenvalue weighted by Gasteiger charge is -2.43. The molecule has 0 bridgehead atoms. The van der Waals surface area contributed by atoms with Crippen LogP contribution in [0.2, 0.25) is 5.02 Å². The molecule has 4 N–H and O–H groups in total. The minimum absolute atomic E-state index is 0.0588. The highest BCUT2D eigenvalue weighted by Gasteiger charge is 2.41. The Hall–Kier alpha value is -1.38. The molecule has 1 aliphatic carbocycles. The fraction of sp³-hybridized carbons (Fsp3) is 0.731. The Morgan fingerprint density at radius 3 is 2.85 bits per heavy atom. The Morgan fingerprint density at radius 1 is 1.35 bits per heavy atom. The van der Waals surface area contributed by atoms with E-state index in [-0.39, 0.29) is 18.0 Å². The van der Waals surface area contributed by atoms with Gasteiger partial charge in [-0.05, 0) is 75.0 Å². The summed E-state index contributed by atoms with van der Waals surface area (Å²) in [6, 6.07) is 7.33. The lowest BCUT2D eigenvalue weighted by molar-refractivity contribution is -0.0563. The van der Waals surface area contributed by atoms with Gasteiger partial charge in [0.2, 0.25) is 0 Å². The van der Waals surface area contributed by atoms with E-state index in [4.69, 9.17) is 26.8 Å². The number of likely N-dealkylation sites (tertiary alicyclic amines) is 1. The molecule has 1 saturated heterocycles. The minimum Gasteiger partial charge on any atom is -0.385 e. The number of unbranched alkanes of at least 4 members (excludes halogenated alkanes) is 1. The van der Waals surface area contributed by atoms with E-state index < -0.39 is 5.60 Å². The topological polar surface area (TPSA) is 97.1 Å². The number of halogens is 1. The van der Waals surface area contributed by atoms with Gasteiger partial charge in [0.05, 0.1) is 11.7 Å². The van der Waals surface area contributed by atoms with E-state index in [9.17, 15) is 9.90 Å². The molecule has 192 valence electrons. The summed E-state index contributed by atoms with van der Waals surface area (Å²) in [5, 5.41) is 15.6. The fourth-order valence-electron chi connectivity index (χ4n) is 5.44. The van der Waals surface area contributed by atoms with Crippen LogP contribution >= 0.6 is 11.6 Å². The van der Waals surface area contributed by atoms with Crippen molar-refractivity contribution in [1.29, 1.82) is 0 Å². The minimum atomic E-state index is -1.05. The van der Waals surface area contributed by atoms with Crippen LogP contribution in [0.1, 0.15) is 56.9 Å². The van der Waals surface area contributed by atoms with E-state index in [1.54, 1.807) is 14.2 Å². The van der Waals surface area contributed by atoms with Crippen LogP contribution in [0, 0.1) is 11.8 Å². The number of carbonyl (C=O) groups excluding carboxylic acids is 1. The molecule has 0 unspecified atom stereocenters. The van der Waals surface area contributed by atoms with Crippen LogP contribution in [-0.4, -0.2) is 68.6 Å². The van der Waals surface area contributed by atoms with Crippen LogP contribution in [0.15, 0.2) is 24.3 Å². The molecule has 1 aromatic carbocycles. The van der Waals surface area contributed by atoms with Crippen molar-refractivity contribution in [2.75, 3.05) is 40.5 Å². The Labute approximate surface area is 209 Å². The van der Waals surface area contributed by atoms with Crippen LogP contribution in [0.3, 0.4) is 0 Å². The number of nitrogens with zero attached hydrogens (tertiary/aromatic N) is 1. The first-order valence-electron chi connectivity index (χ1n) is 12.6. The Bertz CT molecular complexity index is 776. The second kappa shape index (κ2) is 13.1. The zero-order valence-electron chi connectivity index (χ0n) is 20.7. The van der Waals surface area contributed by atoms with E-state index in [0.29, 0.717) is 49.7 Å². The summed E-state index contributed by atoms with van der Waals surface area (Å²) < 4.78 is 10.5. The van der Waals surface area contributed by atoms with E-state index in [2.05, 4.69) is 5.32 Å². The maximum atomic E-state index is 13.0. The van der Waals surface area contributed by atoms with Crippen molar-refractivity contribution in [3.63, 3.8) is 0 Å². The highest BCUT2D eigenvalue weighted by atomic mass is 35.5. The molecule has 3 atom stereocenters. The number of piperidine rings is 1. The molecule has 1 heterocycles. The van der Waals surface area contributed by atoms with Gasteiger partial charge in [0.1, 0.15) is 0 Å². The van der Waals surface area contributed by atoms with Gasteiger partial charge in [0.15, 0.2) is 0 Å². The number of carbonyl (C=O) groups is 1. The molecule has 34 heavy (non-hydrogen) atoms. The third-order valence-corrected chi connectivity index (χ3v) is 7.78. The first-order chi connectivity index (χ1) is 16.4. The summed E-state index contributed by atoms with van der Waals surface area (Å²) in [5.74, 6) is 0.518. The highest BCUT2D eigenvalue weighted by molar-refractivity contribution is 6.30. The fourth-order valence-corrected chi connectivity index (χ4v) is 5.63. The molecule has 8 heteroatoms. The highest BCUT2D eigenvalue weighted by Crippen LogP contribution is 2.40. The molecule has 1 aromatic rings. The quantitative estimate of drug-likeness (QED) is 0.382. The number of benzene rings is 1. The van der Waals surface area contributed by atoms with Gasteiger partial charge in [-0.2, -0.15) is 0 Å². The third kappa shape index (κ3) is 7.31. The van der Waals surface area contributed by atoms with Crippen molar-refractivity contribution in [1.82, 2.24) is 10.2 Å². The summed E-state index contributed by atoms with van der Waals surface area (Å²) in [5.41, 5.74) is 6.05. The zero-order valence-corrected chi connectivity index (χ0v) is 21.4. The van der Waals surface area contributed by atoms with E-state index in [0.717, 1.165) is 50.5 Å². The Morgan fingerprint density at radius 2 is 2.15 bits per heavy atom. The molecule has 2 amide bonds. The van der Waals surface area contributed by atoms with Crippen molar-refractivity contribution < 1.29 is 19.4 Å². The number of urea groups is 1. The van der Waals surface area contributed by atoms with Crippen LogP contribution in [-0.2, 0) is 15.1 Å². The molecule has 2 fully saturated rings. The molecule has 7 nitrogen and oxygen atoms in total. The maximum Gasteiger partial charge on any atom is 0.317 e. The van der Waals surface area contributed by atoms with E-state index in [1.165, 1.54) is 0 Å². The molecule has 0 spiro atoms. The zero-order chi connectivity index (χ0) is 24.6. The Kier molecular flexibility index (Phi) is 10.5. The van der Waals surface area contributed by atoms with Gasteiger partial charge in [-0.25, -0.2) is 4.79 Å². The smallest absolute Gasteiger partial charge is 0.317 e. The number of methoxy groups -OCH3 is 2. The van der Waals surface area contributed by atoms with Crippen molar-refractivity contribution in [2.24, 2.45) is 17.6 Å². The van der Waals surface area contributed by atoms with Gasteiger partial charge in [-0.1, -0.05) is 23.7 Å². The number of nitrogens with two attached hydrogens (primary N) is 1. The monoisotopic (exact) mass is 495 g/mol. The first-order valence-corrected chi connectivity index (χ1v) is 13.0. The van der Waals surface area contributed by atoms with Gasteiger partial charge in [-0.3, -0.25) is 0 Å². The lowest BCUT2D eigenvalue weighted by atomic mass is 9.74. The van der Waals surface area contributed by atoms with Crippen LogP contribution < -0.4 is 11.1 Å². The normalized spacial score (nSPS) is 25.3. The molecular weight excluding hydrogens is 454 g/mol. The standard InChI is InChI=1S/C26H42ClN3O4/c1-33-12-4-3-10-26(32,20-7-5-9-22(27)16-20)21-8-6-11-30(18-21)25(31)29-17-23(28)13-19-14-24(15-19)34-2/h5,7,9,16,19,21,23-24,32H,3-4,6,8,10-15,17-18,28H2,1-2H3,(H,29,31)/t19-,21-,23+,24+,26-/m1/s1. The summed E-state index contributed by atoms with van der Waals surface area (Å²) in [6.45, 7) is 2.32. The molecule has 2 aliphatic rings. The largest absolute Gasteiger partial charge is 0.385 e. The summed E-state index contributed by atoms with van der Waals surface area (Å²) in [7, 11) is 3.44. The number of rotatable bonds is 12. The molecule has 1 aliphatic heterocycles. The van der Waals surface area contributed by atoms with Gasteiger partial charge < -0.3 is 30.5 Å². The van der Waals surface area contributed by atoms with Gasteiger partial charge in [0, 0.05) is 57.4 Å². The molecular formula is C26H42ClN3O4. The number of ether oxygens (including phenoxy) is 2. The van der Waals surface area contributed by atoms with E-state index in [1.807, 2.05) is 29.2 Å². The SMILES string of the molecule is COCCCC[C@@](O)(c1cccc(Cl)c1)[C@@H]1CCCN(C(=O)NC[C@@H](N)C[C@H]2C[C@@H](OC)C2)C1. The predicted octanol–water partition coefficient (Wildman–Crippen LogP) is 3.91. The van der Waals surface area contributed by atoms with Crippen LogP contribution in [0.5, 0.6) is 0 Å². The number of nitrogens with one attached hydrogen (secondary N) is 1. The molecule has 0 radical (unpaired) electrons. The van der Waals surface area contributed by atoms with Crippen molar-refractivity contribution in [3.8, 4) is 0 Å². The van der Waals surface area contributed by atoms with Crippen molar-refractivity contribution in [3.05, 3.63) is 34.9 Å². The number of hydrogen-bond acceptors (Lipinski definition) is 5. The Balaban J connectivity index is 1.57. The maximum absolute atomic E-state index is 13.0. The summed E-state index contributed by atoms with van der Waals surface area (Å²) in [4.78, 5) is 14.8. The average Bonchev–Trinajstić information content (AvgIpc) is 2.82. The number of amides is 2. The van der Waals surface area contributed by atoms with Crippen LogP contribution in [0.4, 0.5) is 4.79 Å². The number of aliphatic hydroxyl groups is 1. The van der Waals surface area contributed by atoms with Gasteiger partial charge in [0.25, 0.3) is 0 Å². The van der Waals surface area contributed by atoms with Gasteiger partial charge >= 0.3 is 6.03 Å². The summed E-state index contributed by atoms with van der Waals surface area (Å²) >= 11 is 6.27. The second-order valence-corrected chi connectivity index (χ2v) is 10.5. The summed E-state index contributed by atoms with van der Waals surface area (Å²) in [6.07, 6.45) is 7.40. The molecule has 1 saturated carbocycles. The van der Waals surface area contributed by atoms with Crippen LogP contribution in [0.25, 0.3) is 0 Å². The predicted molar refractivity (Wildman–Crippen MR) is 135 cm³/mol.